The zero-order valence-corrected chi connectivity index (χ0v) is 12.2. The molecule has 1 atom stereocenters. The number of piperidine rings is 1. The normalized spacial score (nSPS) is 20.6. The molecule has 102 valence electrons. The Morgan fingerprint density at radius 1 is 1.44 bits per heavy atom. The number of aryl methyl sites for hydroxylation is 2. The van der Waals surface area contributed by atoms with Gasteiger partial charge in [-0.1, -0.05) is 6.92 Å². The highest BCUT2D eigenvalue weighted by Gasteiger charge is 2.21. The van der Waals surface area contributed by atoms with Crippen LogP contribution in [0, 0.1) is 13.8 Å². The topological polar surface area (TPSA) is 33.1 Å². The van der Waals surface area contributed by atoms with Crippen LogP contribution in [0.15, 0.2) is 0 Å². The highest BCUT2D eigenvalue weighted by molar-refractivity contribution is 5.24. The van der Waals surface area contributed by atoms with Crippen LogP contribution in [-0.2, 0) is 13.6 Å². The number of hydrogen-bond acceptors (Lipinski definition) is 3. The smallest absolute Gasteiger partial charge is 0.0641 e. The predicted octanol–water partition coefficient (Wildman–Crippen LogP) is 1.61. The van der Waals surface area contributed by atoms with Crippen LogP contribution in [0.5, 0.6) is 0 Å². The number of aromatic nitrogens is 2. The fraction of sp³-hybridized carbons (Fsp3) is 0.786. The summed E-state index contributed by atoms with van der Waals surface area (Å²) in [6.07, 6.45) is 2.62. The number of nitrogens with one attached hydrogen (secondary N) is 1. The summed E-state index contributed by atoms with van der Waals surface area (Å²) >= 11 is 0. The van der Waals surface area contributed by atoms with Gasteiger partial charge in [0.2, 0.25) is 0 Å². The maximum Gasteiger partial charge on any atom is 0.0641 e. The van der Waals surface area contributed by atoms with Crippen molar-refractivity contribution in [1.29, 1.82) is 0 Å². The van der Waals surface area contributed by atoms with Gasteiger partial charge >= 0.3 is 0 Å². The van der Waals surface area contributed by atoms with E-state index in [9.17, 15) is 0 Å². The summed E-state index contributed by atoms with van der Waals surface area (Å²) in [5.74, 6) is 0. The molecule has 4 heteroatoms. The quantitative estimate of drug-likeness (QED) is 0.881. The van der Waals surface area contributed by atoms with Crippen LogP contribution in [0.1, 0.15) is 36.7 Å². The summed E-state index contributed by atoms with van der Waals surface area (Å²) < 4.78 is 2.00. The summed E-state index contributed by atoms with van der Waals surface area (Å²) in [6, 6.07) is 0.683. The lowest BCUT2D eigenvalue weighted by molar-refractivity contribution is 0.165. The molecule has 0 aliphatic carbocycles. The summed E-state index contributed by atoms with van der Waals surface area (Å²) in [4.78, 5) is 2.59. The Morgan fingerprint density at radius 2 is 2.22 bits per heavy atom. The van der Waals surface area contributed by atoms with Gasteiger partial charge in [-0.15, -0.1) is 0 Å². The minimum absolute atomic E-state index is 0.683. The van der Waals surface area contributed by atoms with Crippen LogP contribution in [0.3, 0.4) is 0 Å². The molecule has 0 saturated carbocycles. The van der Waals surface area contributed by atoms with E-state index >= 15 is 0 Å². The number of hydrogen-bond donors (Lipinski definition) is 1. The fourth-order valence-electron chi connectivity index (χ4n) is 2.89. The maximum absolute atomic E-state index is 4.52. The zero-order valence-electron chi connectivity index (χ0n) is 12.2. The van der Waals surface area contributed by atoms with Crippen molar-refractivity contribution in [2.45, 2.75) is 46.2 Å². The van der Waals surface area contributed by atoms with Gasteiger partial charge in [0, 0.05) is 37.4 Å². The first kappa shape index (κ1) is 13.6. The van der Waals surface area contributed by atoms with Crippen molar-refractivity contribution in [3.63, 3.8) is 0 Å². The Balaban J connectivity index is 2.09. The van der Waals surface area contributed by atoms with Crippen LogP contribution in [0.4, 0.5) is 0 Å². The summed E-state index contributed by atoms with van der Waals surface area (Å²) in [5, 5.41) is 8.02. The average molecular weight is 250 g/mol. The third-order valence-electron chi connectivity index (χ3n) is 4.21. The molecule has 2 rings (SSSR count). The van der Waals surface area contributed by atoms with Crippen molar-refractivity contribution in [2.24, 2.45) is 7.05 Å². The van der Waals surface area contributed by atoms with E-state index < -0.39 is 0 Å². The van der Waals surface area contributed by atoms with Gasteiger partial charge in [0.1, 0.15) is 0 Å². The van der Waals surface area contributed by atoms with E-state index in [2.05, 4.69) is 36.1 Å². The van der Waals surface area contributed by atoms with Gasteiger partial charge in [-0.3, -0.25) is 9.58 Å². The lowest BCUT2D eigenvalue weighted by atomic mass is 10.0. The van der Waals surface area contributed by atoms with Gasteiger partial charge in [0.15, 0.2) is 0 Å². The van der Waals surface area contributed by atoms with Crippen molar-refractivity contribution in [3.8, 4) is 0 Å². The Kier molecular flexibility index (Phi) is 4.40. The van der Waals surface area contributed by atoms with Gasteiger partial charge in [-0.05, 0) is 39.8 Å². The van der Waals surface area contributed by atoms with Gasteiger partial charge in [-0.25, -0.2) is 0 Å². The molecule has 0 amide bonds. The first-order valence-electron chi connectivity index (χ1n) is 7.07. The van der Waals surface area contributed by atoms with Crippen LogP contribution in [-0.4, -0.2) is 40.4 Å². The van der Waals surface area contributed by atoms with E-state index in [1.165, 1.54) is 36.3 Å². The first-order valence-corrected chi connectivity index (χ1v) is 7.07. The molecule has 0 bridgehead atoms. The van der Waals surface area contributed by atoms with E-state index in [4.69, 9.17) is 0 Å². The predicted molar refractivity (Wildman–Crippen MR) is 74.7 cm³/mol. The lowest BCUT2D eigenvalue weighted by Gasteiger charge is -2.34. The van der Waals surface area contributed by atoms with Crippen LogP contribution < -0.4 is 5.32 Å². The minimum Gasteiger partial charge on any atom is -0.315 e. The highest BCUT2D eigenvalue weighted by atomic mass is 15.3. The molecular weight excluding hydrogens is 224 g/mol. The number of likely N-dealkylation sites (N-methyl/N-ethyl adjacent to an activating group) is 1. The van der Waals surface area contributed by atoms with Crippen LogP contribution >= 0.6 is 0 Å². The van der Waals surface area contributed by atoms with Crippen molar-refractivity contribution in [3.05, 3.63) is 17.0 Å². The monoisotopic (exact) mass is 250 g/mol. The molecule has 1 unspecified atom stereocenters. The zero-order chi connectivity index (χ0) is 13.1. The summed E-state index contributed by atoms with van der Waals surface area (Å²) in [5.41, 5.74) is 3.89. The Labute approximate surface area is 110 Å². The van der Waals surface area contributed by atoms with Crippen molar-refractivity contribution < 1.29 is 0 Å². The van der Waals surface area contributed by atoms with Crippen molar-refractivity contribution in [1.82, 2.24) is 20.0 Å². The molecule has 1 aliphatic heterocycles. The molecule has 1 aromatic rings. The van der Waals surface area contributed by atoms with Crippen LogP contribution in [0.25, 0.3) is 0 Å². The first-order chi connectivity index (χ1) is 8.63. The van der Waals surface area contributed by atoms with Crippen molar-refractivity contribution >= 4 is 0 Å². The van der Waals surface area contributed by atoms with Gasteiger partial charge in [0.05, 0.1) is 5.69 Å². The SMILES string of the molecule is CCN(Cc1c(C)nn(C)c1C)C1CCCNC1. The van der Waals surface area contributed by atoms with E-state index in [-0.39, 0.29) is 0 Å². The second-order valence-corrected chi connectivity index (χ2v) is 5.34. The fourth-order valence-corrected chi connectivity index (χ4v) is 2.89. The number of nitrogens with zero attached hydrogens (tertiary/aromatic N) is 3. The molecule has 1 saturated heterocycles. The standard InChI is InChI=1S/C14H26N4/c1-5-18(13-7-6-8-15-9-13)10-14-11(2)16-17(4)12(14)3/h13,15H,5-10H2,1-4H3. The molecule has 0 radical (unpaired) electrons. The molecule has 0 spiro atoms. The Bertz CT molecular complexity index is 391. The van der Waals surface area contributed by atoms with E-state index in [1.54, 1.807) is 0 Å². The third-order valence-corrected chi connectivity index (χ3v) is 4.21. The maximum atomic E-state index is 4.52. The molecule has 18 heavy (non-hydrogen) atoms. The third kappa shape index (κ3) is 2.75. The van der Waals surface area contributed by atoms with Crippen molar-refractivity contribution in [2.75, 3.05) is 19.6 Å². The molecule has 1 aliphatic rings. The summed E-state index contributed by atoms with van der Waals surface area (Å²) in [6.45, 7) is 11.0. The lowest BCUT2D eigenvalue weighted by Crippen LogP contribution is -2.45. The molecular formula is C14H26N4. The second kappa shape index (κ2) is 5.85. The Morgan fingerprint density at radius 3 is 2.72 bits per heavy atom. The molecule has 1 fully saturated rings. The summed E-state index contributed by atoms with van der Waals surface area (Å²) in [7, 11) is 2.03. The van der Waals surface area contributed by atoms with E-state index in [0.29, 0.717) is 6.04 Å². The molecule has 1 N–H and O–H groups in total. The Hall–Kier alpha value is -0.870. The molecule has 1 aromatic heterocycles. The van der Waals surface area contributed by atoms with Gasteiger partial charge in [0.25, 0.3) is 0 Å². The minimum atomic E-state index is 0.683. The molecule has 0 aromatic carbocycles. The number of rotatable bonds is 4. The highest BCUT2D eigenvalue weighted by Crippen LogP contribution is 2.18. The van der Waals surface area contributed by atoms with Crippen LogP contribution in [0.2, 0.25) is 0 Å². The molecule has 2 heterocycles. The van der Waals surface area contributed by atoms with E-state index in [0.717, 1.165) is 19.6 Å². The molecule has 4 nitrogen and oxygen atoms in total. The average Bonchev–Trinajstić information content (AvgIpc) is 2.62. The second-order valence-electron chi connectivity index (χ2n) is 5.34. The van der Waals surface area contributed by atoms with E-state index in [1.807, 2.05) is 11.7 Å². The largest absolute Gasteiger partial charge is 0.315 e. The van der Waals surface area contributed by atoms with Gasteiger partial charge in [-0.2, -0.15) is 5.10 Å². The van der Waals surface area contributed by atoms with Gasteiger partial charge < -0.3 is 5.32 Å².